The highest BCUT2D eigenvalue weighted by Gasteiger charge is 2.32. The summed E-state index contributed by atoms with van der Waals surface area (Å²) >= 11 is 1.43. The van der Waals surface area contributed by atoms with Gasteiger partial charge in [-0.05, 0) is 24.3 Å². The Kier molecular flexibility index (Phi) is 5.31. The van der Waals surface area contributed by atoms with Crippen LogP contribution < -0.4 is 15.0 Å². The quantitative estimate of drug-likeness (QED) is 0.481. The van der Waals surface area contributed by atoms with Gasteiger partial charge in [-0.2, -0.15) is 0 Å². The molecule has 0 saturated carbocycles. The lowest BCUT2D eigenvalue weighted by Gasteiger charge is -2.36. The molecule has 1 aromatic carbocycles. The fourth-order valence-corrected chi connectivity index (χ4v) is 5.31. The molecule has 1 fully saturated rings. The Hall–Kier alpha value is -3.63. The monoisotopic (exact) mass is 478 g/mol. The van der Waals surface area contributed by atoms with E-state index >= 15 is 0 Å². The average Bonchev–Trinajstić information content (AvgIpc) is 3.54. The van der Waals surface area contributed by atoms with Crippen LogP contribution in [0, 0.1) is 0 Å². The van der Waals surface area contributed by atoms with Crippen LogP contribution in [0.25, 0.3) is 21.5 Å². The molecule has 1 saturated heterocycles. The Morgan fingerprint density at radius 1 is 1.12 bits per heavy atom. The molecule has 0 bridgehead atoms. The Bertz CT molecular complexity index is 1390. The molecule has 174 valence electrons. The normalized spacial score (nSPS) is 18.4. The minimum Gasteiger partial charge on any atom is -0.485 e. The number of hydrogen-bond donors (Lipinski definition) is 1. The number of nitrogens with one attached hydrogen (secondary N) is 1. The summed E-state index contributed by atoms with van der Waals surface area (Å²) in [5, 5.41) is 2.45. The van der Waals surface area contributed by atoms with E-state index in [2.05, 4.69) is 14.9 Å². The lowest BCUT2D eigenvalue weighted by Crippen LogP contribution is -2.53. The number of piperazine rings is 1. The molecule has 4 aromatic rings. The van der Waals surface area contributed by atoms with Gasteiger partial charge in [0.1, 0.15) is 23.0 Å². The van der Waals surface area contributed by atoms with Gasteiger partial charge in [0.2, 0.25) is 6.10 Å². The summed E-state index contributed by atoms with van der Waals surface area (Å²) in [6.07, 6.45) is 0.954. The van der Waals surface area contributed by atoms with Gasteiger partial charge in [0.15, 0.2) is 11.5 Å². The number of fused-ring (bicyclic) bond motifs is 2. The molecule has 0 radical (unpaired) electrons. The lowest BCUT2D eigenvalue weighted by atomic mass is 10.2. The predicted molar refractivity (Wildman–Crippen MR) is 126 cm³/mol. The molecular weight excluding hydrogens is 456 g/mol. The van der Waals surface area contributed by atoms with Gasteiger partial charge in [-0.25, -0.2) is 4.98 Å². The van der Waals surface area contributed by atoms with E-state index in [1.165, 1.54) is 11.3 Å². The number of aromatic nitrogens is 2. The minimum atomic E-state index is -0.635. The zero-order valence-electron chi connectivity index (χ0n) is 18.2. The van der Waals surface area contributed by atoms with Crippen molar-refractivity contribution in [2.45, 2.75) is 12.6 Å². The lowest BCUT2D eigenvalue weighted by molar-refractivity contribution is -0.143. The highest BCUT2D eigenvalue weighted by molar-refractivity contribution is 7.17. The van der Waals surface area contributed by atoms with Gasteiger partial charge < -0.3 is 23.8 Å². The number of amides is 1. The molecule has 9 nitrogen and oxygen atoms in total. The second kappa shape index (κ2) is 8.62. The van der Waals surface area contributed by atoms with Crippen LogP contribution in [0.5, 0.6) is 11.5 Å². The van der Waals surface area contributed by atoms with Crippen molar-refractivity contribution in [1.29, 1.82) is 0 Å². The van der Waals surface area contributed by atoms with Crippen molar-refractivity contribution in [2.24, 2.45) is 0 Å². The predicted octanol–water partition coefficient (Wildman–Crippen LogP) is 2.73. The van der Waals surface area contributed by atoms with E-state index in [1.54, 1.807) is 12.3 Å². The summed E-state index contributed by atoms with van der Waals surface area (Å²) in [6, 6.07) is 11.0. The standard InChI is InChI=1S/C24H22N4O5S/c29-22-21-15(16-6-3-11-31-16)14-34-23(21)26-20(25-22)12-27-7-9-28(10-8-27)24(30)19-13-32-17-4-1-2-5-18(17)33-19/h1-6,11,14,19H,7-10,12-13H2,(H,25,26,29)/t19-/m0/s1. The minimum absolute atomic E-state index is 0.0638. The number of H-pyrrole nitrogens is 1. The van der Waals surface area contributed by atoms with Crippen LogP contribution in [-0.4, -0.2) is 64.6 Å². The van der Waals surface area contributed by atoms with Crippen molar-refractivity contribution < 1.29 is 18.7 Å². The third kappa shape index (κ3) is 3.84. The molecule has 34 heavy (non-hydrogen) atoms. The number of carbonyl (C=O) groups excluding carboxylic acids is 1. The molecule has 0 spiro atoms. The van der Waals surface area contributed by atoms with Crippen LogP contribution >= 0.6 is 11.3 Å². The summed E-state index contributed by atoms with van der Waals surface area (Å²) in [5.41, 5.74) is 0.588. The first-order valence-electron chi connectivity index (χ1n) is 11.1. The van der Waals surface area contributed by atoms with Crippen molar-refractivity contribution in [3.8, 4) is 22.8 Å². The van der Waals surface area contributed by atoms with Crippen LogP contribution in [-0.2, 0) is 11.3 Å². The van der Waals surface area contributed by atoms with Crippen molar-refractivity contribution >= 4 is 27.5 Å². The van der Waals surface area contributed by atoms with Gasteiger partial charge in [-0.3, -0.25) is 14.5 Å². The number of nitrogens with zero attached hydrogens (tertiary/aromatic N) is 3. The SMILES string of the molecule is O=C([C@@H]1COc2ccccc2O1)N1CCN(Cc2nc3scc(-c4ccco4)c3c(=O)[nH]2)CC1. The second-order valence-electron chi connectivity index (χ2n) is 8.29. The third-order valence-corrected chi connectivity index (χ3v) is 6.99. The number of thiophene rings is 1. The summed E-state index contributed by atoms with van der Waals surface area (Å²) in [6.45, 7) is 3.24. The Morgan fingerprint density at radius 3 is 2.74 bits per heavy atom. The number of carbonyl (C=O) groups is 1. The molecule has 10 heteroatoms. The molecule has 0 aliphatic carbocycles. The molecule has 3 aromatic heterocycles. The highest BCUT2D eigenvalue weighted by Crippen LogP contribution is 2.32. The number of benzene rings is 1. The van der Waals surface area contributed by atoms with E-state index < -0.39 is 6.10 Å². The maximum Gasteiger partial charge on any atom is 0.267 e. The largest absolute Gasteiger partial charge is 0.485 e. The van der Waals surface area contributed by atoms with Crippen LogP contribution in [0.1, 0.15) is 5.82 Å². The number of aromatic amines is 1. The smallest absolute Gasteiger partial charge is 0.267 e. The first-order valence-corrected chi connectivity index (χ1v) is 12.0. The maximum absolute atomic E-state index is 13.0. The van der Waals surface area contributed by atoms with Crippen LogP contribution in [0.15, 0.2) is 57.3 Å². The average molecular weight is 479 g/mol. The van der Waals surface area contributed by atoms with Gasteiger partial charge in [-0.1, -0.05) is 12.1 Å². The number of ether oxygens (including phenoxy) is 2. The molecule has 6 rings (SSSR count). The van der Waals surface area contributed by atoms with E-state index in [9.17, 15) is 9.59 Å². The Morgan fingerprint density at radius 2 is 1.94 bits per heavy atom. The Balaban J connectivity index is 1.09. The molecule has 0 unspecified atom stereocenters. The first-order chi connectivity index (χ1) is 16.7. The third-order valence-electron chi connectivity index (χ3n) is 6.12. The van der Waals surface area contributed by atoms with Gasteiger partial charge in [0, 0.05) is 37.1 Å². The first kappa shape index (κ1) is 20.9. The molecule has 1 atom stereocenters. The van der Waals surface area contributed by atoms with Gasteiger partial charge in [0.25, 0.3) is 11.5 Å². The van der Waals surface area contributed by atoms with Crippen LogP contribution in [0.3, 0.4) is 0 Å². The van der Waals surface area contributed by atoms with Crippen LogP contribution in [0.2, 0.25) is 0 Å². The van der Waals surface area contributed by atoms with Crippen molar-refractivity contribution in [1.82, 2.24) is 19.8 Å². The summed E-state index contributed by atoms with van der Waals surface area (Å²) in [4.78, 5) is 38.0. The van der Waals surface area contributed by atoms with Gasteiger partial charge in [-0.15, -0.1) is 11.3 Å². The van der Waals surface area contributed by atoms with Crippen molar-refractivity contribution in [2.75, 3.05) is 32.8 Å². The fourth-order valence-electron chi connectivity index (χ4n) is 4.36. The number of rotatable bonds is 4. The molecule has 1 N–H and O–H groups in total. The topological polar surface area (TPSA) is 101 Å². The van der Waals surface area contributed by atoms with Crippen molar-refractivity contribution in [3.63, 3.8) is 0 Å². The molecule has 1 amide bonds. The summed E-state index contributed by atoms with van der Waals surface area (Å²) < 4.78 is 17.0. The van der Waals surface area contributed by atoms with E-state index in [0.717, 1.165) is 5.56 Å². The highest BCUT2D eigenvalue weighted by atomic mass is 32.1. The van der Waals surface area contributed by atoms with Crippen molar-refractivity contribution in [3.05, 3.63) is 64.2 Å². The van der Waals surface area contributed by atoms with Crippen LogP contribution in [0.4, 0.5) is 0 Å². The zero-order chi connectivity index (χ0) is 23.1. The number of hydrogen-bond acceptors (Lipinski definition) is 8. The van der Waals surface area contributed by atoms with E-state index in [-0.39, 0.29) is 18.1 Å². The summed E-state index contributed by atoms with van der Waals surface area (Å²) in [5.74, 6) is 2.47. The molecule has 5 heterocycles. The van der Waals surface area contributed by atoms with Gasteiger partial charge >= 0.3 is 0 Å². The molecule has 2 aliphatic heterocycles. The second-order valence-corrected chi connectivity index (χ2v) is 9.14. The zero-order valence-corrected chi connectivity index (χ0v) is 19.0. The number of para-hydroxylation sites is 2. The fraction of sp³-hybridized carbons (Fsp3) is 0.292. The maximum atomic E-state index is 13.0. The van der Waals surface area contributed by atoms with Gasteiger partial charge in [0.05, 0.1) is 18.2 Å². The van der Waals surface area contributed by atoms with E-state index in [4.69, 9.17) is 13.9 Å². The molecule has 2 aliphatic rings. The summed E-state index contributed by atoms with van der Waals surface area (Å²) in [7, 11) is 0. The molecular formula is C24H22N4O5S. The number of furan rings is 1. The van der Waals surface area contributed by atoms with E-state index in [0.29, 0.717) is 66.0 Å². The van der Waals surface area contributed by atoms with E-state index in [1.807, 2.05) is 40.6 Å². The Labute approximate surface area is 198 Å².